The zero-order valence-electron chi connectivity index (χ0n) is 13.5. The van der Waals surface area contributed by atoms with E-state index in [1.165, 1.54) is 36.2 Å². The molecule has 0 N–H and O–H groups in total. The second-order valence-corrected chi connectivity index (χ2v) is 9.26. The minimum atomic E-state index is -3.23. The summed E-state index contributed by atoms with van der Waals surface area (Å²) in [6.45, 7) is 3.04. The summed E-state index contributed by atoms with van der Waals surface area (Å²) in [6.07, 6.45) is 6.29. The third-order valence-corrected chi connectivity index (χ3v) is 6.17. The minimum absolute atomic E-state index is 0.0287. The van der Waals surface area contributed by atoms with Crippen LogP contribution in [0.25, 0.3) is 0 Å². The van der Waals surface area contributed by atoms with Gasteiger partial charge in [0, 0.05) is 25.6 Å². The smallest absolute Gasteiger partial charge is 0.211 e. The van der Waals surface area contributed by atoms with Crippen LogP contribution in [0.1, 0.15) is 43.0 Å². The maximum atomic E-state index is 12.0. The average Bonchev–Trinajstić information content (AvgIpc) is 3.39. The molecule has 0 amide bonds. The SMILES string of the molecule is CS(=O)(=O)N1Cc2nnn(CC3CC3)c2[C@H](COCC2CC2)C1. The predicted molar refractivity (Wildman–Crippen MR) is 84.3 cm³/mol. The van der Waals surface area contributed by atoms with Gasteiger partial charge >= 0.3 is 0 Å². The number of hydrogen-bond acceptors (Lipinski definition) is 5. The first-order chi connectivity index (χ1) is 11.0. The Morgan fingerprint density at radius 2 is 1.91 bits per heavy atom. The molecule has 1 aliphatic heterocycles. The zero-order chi connectivity index (χ0) is 16.0. The molecule has 1 aromatic rings. The number of ether oxygens (including phenoxy) is 1. The summed E-state index contributed by atoms with van der Waals surface area (Å²) >= 11 is 0. The van der Waals surface area contributed by atoms with Crippen LogP contribution >= 0.6 is 0 Å². The van der Waals surface area contributed by atoms with Crippen LogP contribution in [-0.2, 0) is 27.8 Å². The number of fused-ring (bicyclic) bond motifs is 1. The quantitative estimate of drug-likeness (QED) is 0.739. The maximum Gasteiger partial charge on any atom is 0.211 e. The van der Waals surface area contributed by atoms with Crippen molar-refractivity contribution in [2.45, 2.75) is 44.7 Å². The van der Waals surface area contributed by atoms with Crippen molar-refractivity contribution in [3.05, 3.63) is 11.4 Å². The molecule has 0 unspecified atom stereocenters. The fourth-order valence-corrected chi connectivity index (χ4v) is 4.01. The molecule has 4 rings (SSSR count). The van der Waals surface area contributed by atoms with Crippen LogP contribution in [0.2, 0.25) is 0 Å². The Hall–Kier alpha value is -0.990. The molecule has 2 saturated carbocycles. The van der Waals surface area contributed by atoms with Crippen molar-refractivity contribution in [2.75, 3.05) is 26.0 Å². The van der Waals surface area contributed by atoms with E-state index in [9.17, 15) is 8.42 Å². The molecular weight excluding hydrogens is 316 g/mol. The lowest BCUT2D eigenvalue weighted by Crippen LogP contribution is -2.39. The van der Waals surface area contributed by atoms with Crippen molar-refractivity contribution in [3.63, 3.8) is 0 Å². The van der Waals surface area contributed by atoms with E-state index in [-0.39, 0.29) is 5.92 Å². The highest BCUT2D eigenvalue weighted by Gasteiger charge is 2.36. The lowest BCUT2D eigenvalue weighted by atomic mass is 10.0. The van der Waals surface area contributed by atoms with E-state index < -0.39 is 10.0 Å². The van der Waals surface area contributed by atoms with Crippen LogP contribution in [0.3, 0.4) is 0 Å². The van der Waals surface area contributed by atoms with Crippen LogP contribution in [0.15, 0.2) is 0 Å². The monoisotopic (exact) mass is 340 g/mol. The minimum Gasteiger partial charge on any atom is -0.380 e. The molecule has 0 saturated heterocycles. The fourth-order valence-electron chi connectivity index (χ4n) is 3.20. The molecule has 2 aliphatic carbocycles. The molecular formula is C15H24N4O3S. The van der Waals surface area contributed by atoms with Crippen molar-refractivity contribution >= 4 is 10.0 Å². The zero-order valence-corrected chi connectivity index (χ0v) is 14.3. The van der Waals surface area contributed by atoms with Gasteiger partial charge in [-0.2, -0.15) is 4.31 Å². The van der Waals surface area contributed by atoms with Gasteiger partial charge in [0.1, 0.15) is 5.69 Å². The molecule has 128 valence electrons. The van der Waals surface area contributed by atoms with Gasteiger partial charge in [0.2, 0.25) is 10.0 Å². The first kappa shape index (κ1) is 15.5. The lowest BCUT2D eigenvalue weighted by molar-refractivity contribution is 0.0993. The third-order valence-electron chi connectivity index (χ3n) is 4.95. The van der Waals surface area contributed by atoms with Gasteiger partial charge < -0.3 is 4.74 Å². The first-order valence-corrected chi connectivity index (χ1v) is 10.3. The summed E-state index contributed by atoms with van der Waals surface area (Å²) in [5.74, 6) is 1.45. The van der Waals surface area contributed by atoms with Crippen molar-refractivity contribution in [1.82, 2.24) is 19.3 Å². The Morgan fingerprint density at radius 1 is 1.17 bits per heavy atom. The van der Waals surface area contributed by atoms with E-state index in [4.69, 9.17) is 4.74 Å². The molecule has 0 bridgehead atoms. The molecule has 0 spiro atoms. The van der Waals surface area contributed by atoms with Crippen LogP contribution in [0.5, 0.6) is 0 Å². The van der Waals surface area contributed by atoms with Gasteiger partial charge in [0.05, 0.1) is 25.1 Å². The average molecular weight is 340 g/mol. The Kier molecular flexibility index (Phi) is 3.93. The Bertz CT molecular complexity index is 679. The second-order valence-electron chi connectivity index (χ2n) is 7.28. The highest BCUT2D eigenvalue weighted by molar-refractivity contribution is 7.88. The highest BCUT2D eigenvalue weighted by atomic mass is 32.2. The Morgan fingerprint density at radius 3 is 2.57 bits per heavy atom. The predicted octanol–water partition coefficient (Wildman–Crippen LogP) is 0.973. The highest BCUT2D eigenvalue weighted by Crippen LogP contribution is 2.35. The Balaban J connectivity index is 1.54. The molecule has 0 aromatic carbocycles. The van der Waals surface area contributed by atoms with E-state index in [2.05, 4.69) is 10.3 Å². The van der Waals surface area contributed by atoms with Crippen LogP contribution in [0.4, 0.5) is 0 Å². The summed E-state index contributed by atoms with van der Waals surface area (Å²) in [5, 5.41) is 8.55. The number of nitrogens with zero attached hydrogens (tertiary/aromatic N) is 4. The molecule has 8 heteroatoms. The van der Waals surface area contributed by atoms with Crippen molar-refractivity contribution < 1.29 is 13.2 Å². The van der Waals surface area contributed by atoms with Gasteiger partial charge in [-0.25, -0.2) is 13.1 Å². The molecule has 2 fully saturated rings. The van der Waals surface area contributed by atoms with Crippen LogP contribution in [-0.4, -0.2) is 53.7 Å². The largest absolute Gasteiger partial charge is 0.380 e. The normalized spacial score (nSPS) is 25.5. The molecule has 0 radical (unpaired) electrons. The van der Waals surface area contributed by atoms with Crippen molar-refractivity contribution in [3.8, 4) is 0 Å². The molecule has 1 atom stereocenters. The summed E-state index contributed by atoms with van der Waals surface area (Å²) in [5.41, 5.74) is 1.88. The van der Waals surface area contributed by atoms with Gasteiger partial charge in [-0.1, -0.05) is 5.21 Å². The number of rotatable bonds is 7. The number of aromatic nitrogens is 3. The first-order valence-electron chi connectivity index (χ1n) is 8.46. The number of hydrogen-bond donors (Lipinski definition) is 0. The van der Waals surface area contributed by atoms with Gasteiger partial charge in [-0.05, 0) is 37.5 Å². The summed E-state index contributed by atoms with van der Waals surface area (Å²) in [6, 6.07) is 0. The van der Waals surface area contributed by atoms with Gasteiger partial charge in [-0.15, -0.1) is 5.10 Å². The molecule has 23 heavy (non-hydrogen) atoms. The van der Waals surface area contributed by atoms with E-state index in [1.54, 1.807) is 0 Å². The van der Waals surface area contributed by atoms with E-state index >= 15 is 0 Å². The maximum absolute atomic E-state index is 12.0. The summed E-state index contributed by atoms with van der Waals surface area (Å²) in [7, 11) is -3.23. The van der Waals surface area contributed by atoms with E-state index in [1.807, 2.05) is 4.68 Å². The standard InChI is InChI=1S/C15H24N4O3S/c1-23(20,21)18-7-13(10-22-9-12-4-5-12)15-14(8-18)16-17-19(15)6-11-2-3-11/h11-13H,2-10H2,1H3/t13-/m0/s1. The Labute approximate surface area is 137 Å². The topological polar surface area (TPSA) is 77.3 Å². The summed E-state index contributed by atoms with van der Waals surface area (Å²) < 4.78 is 33.3. The van der Waals surface area contributed by atoms with Crippen LogP contribution in [0, 0.1) is 11.8 Å². The van der Waals surface area contributed by atoms with Crippen molar-refractivity contribution in [1.29, 1.82) is 0 Å². The van der Waals surface area contributed by atoms with E-state index in [0.717, 1.165) is 24.5 Å². The molecule has 2 heterocycles. The van der Waals surface area contributed by atoms with Crippen LogP contribution < -0.4 is 0 Å². The second kappa shape index (κ2) is 5.82. The van der Waals surface area contributed by atoms with Gasteiger partial charge in [-0.3, -0.25) is 0 Å². The number of sulfonamides is 1. The molecule has 1 aromatic heterocycles. The fraction of sp³-hybridized carbons (Fsp3) is 0.867. The molecule has 3 aliphatic rings. The van der Waals surface area contributed by atoms with Gasteiger partial charge in [0.25, 0.3) is 0 Å². The lowest BCUT2D eigenvalue weighted by Gasteiger charge is -2.30. The third kappa shape index (κ3) is 3.59. The van der Waals surface area contributed by atoms with Crippen molar-refractivity contribution in [2.24, 2.45) is 11.8 Å². The summed E-state index contributed by atoms with van der Waals surface area (Å²) in [4.78, 5) is 0. The van der Waals surface area contributed by atoms with E-state index in [0.29, 0.717) is 31.5 Å². The molecule has 7 nitrogen and oxygen atoms in total. The van der Waals surface area contributed by atoms with Gasteiger partial charge in [0.15, 0.2) is 0 Å².